The van der Waals surface area contributed by atoms with E-state index in [1.165, 1.54) is 19.2 Å². The van der Waals surface area contributed by atoms with Crippen molar-refractivity contribution in [1.82, 2.24) is 4.98 Å². The summed E-state index contributed by atoms with van der Waals surface area (Å²) >= 11 is 6.72. The number of para-hydroxylation sites is 1. The van der Waals surface area contributed by atoms with Gasteiger partial charge in [-0.1, -0.05) is 29.8 Å². The molecule has 0 radical (unpaired) electrons. The van der Waals surface area contributed by atoms with Gasteiger partial charge in [-0.3, -0.25) is 4.72 Å². The number of sulfonamides is 1. The van der Waals surface area contributed by atoms with Crippen molar-refractivity contribution in [2.24, 2.45) is 0 Å². The van der Waals surface area contributed by atoms with Crippen LogP contribution in [0, 0.1) is 0 Å². The minimum absolute atomic E-state index is 0.0416. The number of methoxy groups -OCH3 is 1. The highest BCUT2D eigenvalue weighted by atomic mass is 35.5. The molecule has 1 aromatic carbocycles. The van der Waals surface area contributed by atoms with Crippen molar-refractivity contribution in [3.63, 3.8) is 0 Å². The fourth-order valence-electron chi connectivity index (χ4n) is 2.13. The summed E-state index contributed by atoms with van der Waals surface area (Å²) in [4.78, 5) is 14.8. The molecule has 3 rings (SSSR count). The molecule has 2 heterocycles. The third-order valence-corrected chi connectivity index (χ3v) is 6.22. The number of nitrogens with one attached hydrogen (secondary N) is 2. The molecule has 6 nitrogen and oxygen atoms in total. The predicted molar refractivity (Wildman–Crippen MR) is 89.8 cm³/mol. The van der Waals surface area contributed by atoms with Gasteiger partial charge < -0.3 is 9.72 Å². The molecular weight excluding hydrogens is 360 g/mol. The molecule has 0 saturated heterocycles. The molecule has 0 aliphatic heterocycles. The molecule has 3 aromatic rings. The summed E-state index contributed by atoms with van der Waals surface area (Å²) < 4.78 is 32.6. The van der Waals surface area contributed by atoms with Crippen molar-refractivity contribution in [2.45, 2.75) is 4.21 Å². The van der Waals surface area contributed by atoms with Crippen molar-refractivity contribution >= 4 is 55.5 Å². The van der Waals surface area contributed by atoms with Crippen LogP contribution in [0.5, 0.6) is 0 Å². The standard InChI is InChI=1S/C14H11ClN2O4S2/c1-21-14(18)13-12(8-4-2-3-5-9(8)16-13)17-23(19,20)11-7-6-10(15)22-11/h2-7,16-17H,1H3. The number of hydrogen-bond donors (Lipinski definition) is 2. The molecule has 0 spiro atoms. The number of carbonyl (C=O) groups excluding carboxylic acids is 1. The van der Waals surface area contributed by atoms with Crippen LogP contribution in [-0.2, 0) is 14.8 Å². The highest BCUT2D eigenvalue weighted by molar-refractivity contribution is 7.94. The van der Waals surface area contributed by atoms with Crippen LogP contribution in [-0.4, -0.2) is 26.5 Å². The van der Waals surface area contributed by atoms with Crippen LogP contribution < -0.4 is 4.72 Å². The second kappa shape index (κ2) is 5.88. The van der Waals surface area contributed by atoms with E-state index in [1.807, 2.05) is 0 Å². The summed E-state index contributed by atoms with van der Waals surface area (Å²) in [6.45, 7) is 0. The minimum atomic E-state index is -3.86. The van der Waals surface area contributed by atoms with Gasteiger partial charge in [0.15, 0.2) is 5.69 Å². The summed E-state index contributed by atoms with van der Waals surface area (Å²) in [6.07, 6.45) is 0. The lowest BCUT2D eigenvalue weighted by Gasteiger charge is -2.07. The van der Waals surface area contributed by atoms with Gasteiger partial charge in [-0.15, -0.1) is 11.3 Å². The number of rotatable bonds is 4. The first kappa shape index (κ1) is 15.9. The van der Waals surface area contributed by atoms with Gasteiger partial charge >= 0.3 is 5.97 Å². The van der Waals surface area contributed by atoms with E-state index in [0.717, 1.165) is 11.3 Å². The summed E-state index contributed by atoms with van der Waals surface area (Å²) in [7, 11) is -2.63. The summed E-state index contributed by atoms with van der Waals surface area (Å²) in [5.41, 5.74) is 0.812. The van der Waals surface area contributed by atoms with Crippen LogP contribution in [0.3, 0.4) is 0 Å². The summed E-state index contributed by atoms with van der Waals surface area (Å²) in [6, 6.07) is 9.87. The molecule has 2 aromatic heterocycles. The second-order valence-corrected chi connectivity index (χ2v) is 8.20. The molecule has 0 saturated carbocycles. The first-order valence-electron chi connectivity index (χ1n) is 6.39. The van der Waals surface area contributed by atoms with E-state index in [4.69, 9.17) is 16.3 Å². The number of benzene rings is 1. The van der Waals surface area contributed by atoms with E-state index in [2.05, 4.69) is 9.71 Å². The Morgan fingerprint density at radius 3 is 2.65 bits per heavy atom. The van der Waals surface area contributed by atoms with Crippen LogP contribution in [0.15, 0.2) is 40.6 Å². The normalized spacial score (nSPS) is 11.6. The predicted octanol–water partition coefficient (Wildman–Crippen LogP) is 3.47. The largest absolute Gasteiger partial charge is 0.464 e. The van der Waals surface area contributed by atoms with Gasteiger partial charge in [-0.05, 0) is 18.2 Å². The van der Waals surface area contributed by atoms with E-state index < -0.39 is 16.0 Å². The Kier molecular flexibility index (Phi) is 4.05. The SMILES string of the molecule is COC(=O)c1[nH]c2ccccc2c1NS(=O)(=O)c1ccc(Cl)s1. The molecule has 0 bridgehead atoms. The summed E-state index contributed by atoms with van der Waals surface area (Å²) in [5, 5.41) is 0.569. The number of halogens is 1. The lowest BCUT2D eigenvalue weighted by molar-refractivity contribution is 0.0596. The third kappa shape index (κ3) is 2.92. The smallest absolute Gasteiger partial charge is 0.356 e. The molecule has 23 heavy (non-hydrogen) atoms. The molecule has 0 aliphatic rings. The van der Waals surface area contributed by atoms with E-state index in [0.29, 0.717) is 15.2 Å². The Morgan fingerprint density at radius 1 is 1.26 bits per heavy atom. The van der Waals surface area contributed by atoms with E-state index in [1.54, 1.807) is 24.3 Å². The van der Waals surface area contributed by atoms with Gasteiger partial charge in [-0.2, -0.15) is 0 Å². The van der Waals surface area contributed by atoms with Crippen molar-refractivity contribution < 1.29 is 17.9 Å². The molecule has 0 aliphatic carbocycles. The Hall–Kier alpha value is -2.03. The summed E-state index contributed by atoms with van der Waals surface area (Å²) in [5.74, 6) is -0.664. The number of thiophene rings is 1. The number of ether oxygens (including phenoxy) is 1. The molecule has 9 heteroatoms. The number of aromatic nitrogens is 1. The topological polar surface area (TPSA) is 88.3 Å². The van der Waals surface area contributed by atoms with Crippen LogP contribution in [0.2, 0.25) is 4.34 Å². The van der Waals surface area contributed by atoms with Crippen LogP contribution in [0.25, 0.3) is 10.9 Å². The first-order chi connectivity index (χ1) is 10.9. The fraction of sp³-hybridized carbons (Fsp3) is 0.0714. The first-order valence-corrected chi connectivity index (χ1v) is 9.07. The van der Waals surface area contributed by atoms with Crippen LogP contribution >= 0.6 is 22.9 Å². The zero-order valence-corrected chi connectivity index (χ0v) is 14.2. The van der Waals surface area contributed by atoms with Gasteiger partial charge in [0, 0.05) is 10.9 Å². The lowest BCUT2D eigenvalue weighted by atomic mass is 10.2. The number of H-pyrrole nitrogens is 1. The Bertz CT molecular complexity index is 991. The Labute approximate surface area is 141 Å². The Morgan fingerprint density at radius 2 is 2.00 bits per heavy atom. The average molecular weight is 371 g/mol. The van der Waals surface area contributed by atoms with Crippen LogP contribution in [0.1, 0.15) is 10.5 Å². The van der Waals surface area contributed by atoms with Gasteiger partial charge in [0.25, 0.3) is 10.0 Å². The minimum Gasteiger partial charge on any atom is -0.464 e. The molecule has 0 fully saturated rings. The van der Waals surface area contributed by atoms with Gasteiger partial charge in [0.2, 0.25) is 0 Å². The van der Waals surface area contributed by atoms with Crippen molar-refractivity contribution in [3.8, 4) is 0 Å². The van der Waals surface area contributed by atoms with Gasteiger partial charge in [0.1, 0.15) is 4.21 Å². The zero-order chi connectivity index (χ0) is 16.6. The zero-order valence-electron chi connectivity index (χ0n) is 11.8. The molecule has 0 atom stereocenters. The quantitative estimate of drug-likeness (QED) is 0.688. The maximum Gasteiger partial charge on any atom is 0.356 e. The maximum atomic E-state index is 12.5. The molecule has 0 unspecified atom stereocenters. The van der Waals surface area contributed by atoms with Gasteiger partial charge in [0.05, 0.1) is 17.1 Å². The average Bonchev–Trinajstić information content (AvgIpc) is 3.11. The maximum absolute atomic E-state index is 12.5. The highest BCUT2D eigenvalue weighted by Gasteiger charge is 2.24. The fourth-order valence-corrected chi connectivity index (χ4v) is 4.71. The number of fused-ring (bicyclic) bond motifs is 1. The number of hydrogen-bond acceptors (Lipinski definition) is 5. The van der Waals surface area contributed by atoms with Gasteiger partial charge in [-0.25, -0.2) is 13.2 Å². The molecule has 120 valence electrons. The number of aromatic amines is 1. The molecular formula is C14H11ClN2O4S2. The Balaban J connectivity index is 2.13. The second-order valence-electron chi connectivity index (χ2n) is 4.58. The number of anilines is 1. The monoisotopic (exact) mass is 370 g/mol. The van der Waals surface area contributed by atoms with Crippen molar-refractivity contribution in [1.29, 1.82) is 0 Å². The number of esters is 1. The molecule has 2 N–H and O–H groups in total. The van der Waals surface area contributed by atoms with E-state index in [-0.39, 0.29) is 15.6 Å². The third-order valence-electron chi connectivity index (χ3n) is 3.15. The lowest BCUT2D eigenvalue weighted by Crippen LogP contribution is -2.14. The van der Waals surface area contributed by atoms with Crippen molar-refractivity contribution in [2.75, 3.05) is 11.8 Å². The number of carbonyl (C=O) groups is 1. The van der Waals surface area contributed by atoms with E-state index in [9.17, 15) is 13.2 Å². The van der Waals surface area contributed by atoms with E-state index >= 15 is 0 Å². The molecule has 0 amide bonds. The highest BCUT2D eigenvalue weighted by Crippen LogP contribution is 2.32. The van der Waals surface area contributed by atoms with Crippen molar-refractivity contribution in [3.05, 3.63) is 46.4 Å². The van der Waals surface area contributed by atoms with Crippen LogP contribution in [0.4, 0.5) is 5.69 Å².